The summed E-state index contributed by atoms with van der Waals surface area (Å²) in [4.78, 5) is 10.6. The van der Waals surface area contributed by atoms with Gasteiger partial charge in [0, 0.05) is 28.7 Å². The zero-order valence-electron chi connectivity index (χ0n) is 11.5. The van der Waals surface area contributed by atoms with Gasteiger partial charge in [-0.15, -0.1) is 0 Å². The standard InChI is InChI=1S/C14H15Cl2N5/c1-7-12-10(13(17)20-14(18)19-12)6-21(7)5-8-2-3-9(15)4-11(8)16/h2-4,7H,5-6H2,1H3,(H4,17,18,19,20). The van der Waals surface area contributed by atoms with Crippen molar-refractivity contribution >= 4 is 35.0 Å². The van der Waals surface area contributed by atoms with Gasteiger partial charge in [0.05, 0.1) is 11.7 Å². The van der Waals surface area contributed by atoms with E-state index in [-0.39, 0.29) is 12.0 Å². The normalized spacial score (nSPS) is 18.0. The Morgan fingerprint density at radius 3 is 2.76 bits per heavy atom. The number of hydrogen-bond acceptors (Lipinski definition) is 5. The van der Waals surface area contributed by atoms with E-state index >= 15 is 0 Å². The van der Waals surface area contributed by atoms with E-state index in [9.17, 15) is 0 Å². The molecule has 0 radical (unpaired) electrons. The number of nitrogens with two attached hydrogens (primary N) is 2. The number of fused-ring (bicyclic) bond motifs is 1. The van der Waals surface area contributed by atoms with E-state index in [1.807, 2.05) is 12.1 Å². The number of nitrogen functional groups attached to an aromatic ring is 2. The molecule has 0 saturated carbocycles. The molecule has 0 spiro atoms. The monoisotopic (exact) mass is 323 g/mol. The van der Waals surface area contributed by atoms with E-state index in [0.717, 1.165) is 16.8 Å². The van der Waals surface area contributed by atoms with Crippen molar-refractivity contribution in [1.29, 1.82) is 0 Å². The Hall–Kier alpha value is -1.56. The number of rotatable bonds is 2. The van der Waals surface area contributed by atoms with Crippen LogP contribution >= 0.6 is 23.2 Å². The molecule has 0 bridgehead atoms. The summed E-state index contributed by atoms with van der Waals surface area (Å²) in [5, 5.41) is 1.29. The van der Waals surface area contributed by atoms with Crippen molar-refractivity contribution in [3.05, 3.63) is 45.1 Å². The van der Waals surface area contributed by atoms with E-state index in [2.05, 4.69) is 21.8 Å². The van der Waals surface area contributed by atoms with Crippen LogP contribution in [-0.2, 0) is 13.1 Å². The lowest BCUT2D eigenvalue weighted by atomic mass is 10.2. The molecule has 0 amide bonds. The first-order valence-corrected chi connectivity index (χ1v) is 7.31. The summed E-state index contributed by atoms with van der Waals surface area (Å²) < 4.78 is 0. The second kappa shape index (κ2) is 5.33. The molecule has 0 aliphatic carbocycles. The van der Waals surface area contributed by atoms with Gasteiger partial charge in [0.25, 0.3) is 0 Å². The zero-order valence-corrected chi connectivity index (χ0v) is 13.0. The Morgan fingerprint density at radius 2 is 2.05 bits per heavy atom. The van der Waals surface area contributed by atoms with E-state index in [0.29, 0.717) is 29.0 Å². The Kier molecular flexibility index (Phi) is 3.65. The first-order valence-electron chi connectivity index (χ1n) is 6.55. The molecule has 1 aliphatic rings. The SMILES string of the molecule is CC1c2nc(N)nc(N)c2CN1Cc1ccc(Cl)cc1Cl. The molecule has 21 heavy (non-hydrogen) atoms. The molecule has 2 aromatic rings. The van der Waals surface area contributed by atoms with E-state index in [4.69, 9.17) is 34.7 Å². The fourth-order valence-electron chi connectivity index (χ4n) is 2.62. The number of benzene rings is 1. The first-order chi connectivity index (χ1) is 9.95. The molecular weight excluding hydrogens is 309 g/mol. The molecule has 1 aromatic heterocycles. The highest BCUT2D eigenvalue weighted by molar-refractivity contribution is 6.35. The third kappa shape index (κ3) is 2.64. The number of aromatic nitrogens is 2. The highest BCUT2D eigenvalue weighted by atomic mass is 35.5. The molecule has 5 nitrogen and oxygen atoms in total. The van der Waals surface area contributed by atoms with Crippen LogP contribution in [-0.4, -0.2) is 14.9 Å². The summed E-state index contributed by atoms with van der Waals surface area (Å²) in [6, 6.07) is 5.63. The molecule has 7 heteroatoms. The largest absolute Gasteiger partial charge is 0.383 e. The molecule has 2 heterocycles. The van der Waals surface area contributed by atoms with Crippen molar-refractivity contribution in [3.63, 3.8) is 0 Å². The van der Waals surface area contributed by atoms with Crippen LogP contribution in [0.15, 0.2) is 18.2 Å². The van der Waals surface area contributed by atoms with Gasteiger partial charge in [-0.05, 0) is 24.6 Å². The molecule has 0 fully saturated rings. The van der Waals surface area contributed by atoms with Crippen LogP contribution in [0.1, 0.15) is 29.8 Å². The maximum Gasteiger partial charge on any atom is 0.222 e. The Labute approximate surface area is 132 Å². The van der Waals surface area contributed by atoms with Crippen LogP contribution in [0.3, 0.4) is 0 Å². The van der Waals surface area contributed by atoms with Gasteiger partial charge >= 0.3 is 0 Å². The second-order valence-corrected chi connectivity index (χ2v) is 5.99. The van der Waals surface area contributed by atoms with Gasteiger partial charge in [0.15, 0.2) is 0 Å². The number of nitrogens with zero attached hydrogens (tertiary/aromatic N) is 3. The van der Waals surface area contributed by atoms with Crippen molar-refractivity contribution in [2.45, 2.75) is 26.1 Å². The van der Waals surface area contributed by atoms with Gasteiger partial charge in [0.1, 0.15) is 5.82 Å². The van der Waals surface area contributed by atoms with Crippen LogP contribution in [0, 0.1) is 0 Å². The van der Waals surface area contributed by atoms with Crippen LogP contribution in [0.2, 0.25) is 10.0 Å². The fraction of sp³-hybridized carbons (Fsp3) is 0.286. The average Bonchev–Trinajstić information content (AvgIpc) is 2.71. The first kappa shape index (κ1) is 14.4. The minimum Gasteiger partial charge on any atom is -0.383 e. The van der Waals surface area contributed by atoms with Crippen molar-refractivity contribution in [3.8, 4) is 0 Å². The summed E-state index contributed by atoms with van der Waals surface area (Å²) in [6.07, 6.45) is 0. The summed E-state index contributed by atoms with van der Waals surface area (Å²) in [5.41, 5.74) is 14.5. The van der Waals surface area contributed by atoms with Crippen LogP contribution in [0.4, 0.5) is 11.8 Å². The average molecular weight is 324 g/mol. The molecule has 3 rings (SSSR count). The van der Waals surface area contributed by atoms with Gasteiger partial charge in [-0.2, -0.15) is 4.98 Å². The highest BCUT2D eigenvalue weighted by Gasteiger charge is 2.31. The Bertz CT molecular complexity index is 704. The van der Waals surface area contributed by atoms with Gasteiger partial charge in [-0.25, -0.2) is 4.98 Å². The van der Waals surface area contributed by atoms with Crippen molar-refractivity contribution in [2.24, 2.45) is 0 Å². The number of anilines is 2. The highest BCUT2D eigenvalue weighted by Crippen LogP contribution is 2.36. The number of hydrogen-bond donors (Lipinski definition) is 2. The quantitative estimate of drug-likeness (QED) is 0.887. The maximum atomic E-state index is 6.24. The van der Waals surface area contributed by atoms with E-state index in [1.165, 1.54) is 0 Å². The zero-order chi connectivity index (χ0) is 15.1. The van der Waals surface area contributed by atoms with Crippen molar-refractivity contribution in [1.82, 2.24) is 14.9 Å². The summed E-state index contributed by atoms with van der Waals surface area (Å²) in [6.45, 7) is 3.44. The second-order valence-electron chi connectivity index (χ2n) is 5.15. The predicted molar refractivity (Wildman–Crippen MR) is 85.0 cm³/mol. The number of halogens is 2. The molecular formula is C14H15Cl2N5. The minimum atomic E-state index is 0.111. The minimum absolute atomic E-state index is 0.111. The van der Waals surface area contributed by atoms with Gasteiger partial charge in [0.2, 0.25) is 5.95 Å². The van der Waals surface area contributed by atoms with Crippen LogP contribution in [0.5, 0.6) is 0 Å². The lowest BCUT2D eigenvalue weighted by Gasteiger charge is -2.21. The summed E-state index contributed by atoms with van der Waals surface area (Å²) in [7, 11) is 0. The van der Waals surface area contributed by atoms with E-state index in [1.54, 1.807) is 6.07 Å². The maximum absolute atomic E-state index is 6.24. The van der Waals surface area contributed by atoms with Crippen molar-refractivity contribution in [2.75, 3.05) is 11.5 Å². The molecule has 110 valence electrons. The fourth-order valence-corrected chi connectivity index (χ4v) is 3.09. The molecule has 4 N–H and O–H groups in total. The Morgan fingerprint density at radius 1 is 1.29 bits per heavy atom. The van der Waals surface area contributed by atoms with Crippen LogP contribution in [0.25, 0.3) is 0 Å². The molecule has 1 unspecified atom stereocenters. The predicted octanol–water partition coefficient (Wildman–Crippen LogP) is 3.02. The molecule has 1 aliphatic heterocycles. The third-order valence-electron chi connectivity index (χ3n) is 3.78. The smallest absolute Gasteiger partial charge is 0.222 e. The van der Waals surface area contributed by atoms with Crippen molar-refractivity contribution < 1.29 is 0 Å². The van der Waals surface area contributed by atoms with E-state index < -0.39 is 0 Å². The lowest BCUT2D eigenvalue weighted by molar-refractivity contribution is 0.218. The summed E-state index contributed by atoms with van der Waals surface area (Å²) in [5.74, 6) is 0.665. The third-order valence-corrected chi connectivity index (χ3v) is 4.37. The van der Waals surface area contributed by atoms with Gasteiger partial charge in [-0.1, -0.05) is 29.3 Å². The van der Waals surface area contributed by atoms with Crippen LogP contribution < -0.4 is 11.5 Å². The lowest BCUT2D eigenvalue weighted by Crippen LogP contribution is -2.20. The molecule has 1 aromatic carbocycles. The Balaban J connectivity index is 1.88. The molecule has 1 atom stereocenters. The van der Waals surface area contributed by atoms with Gasteiger partial charge < -0.3 is 11.5 Å². The van der Waals surface area contributed by atoms with Gasteiger partial charge in [-0.3, -0.25) is 4.90 Å². The molecule has 0 saturated heterocycles. The topological polar surface area (TPSA) is 81.1 Å². The summed E-state index contributed by atoms with van der Waals surface area (Å²) >= 11 is 12.2.